The van der Waals surface area contributed by atoms with E-state index in [4.69, 9.17) is 0 Å². The van der Waals surface area contributed by atoms with Crippen molar-refractivity contribution in [2.24, 2.45) is 0 Å². The van der Waals surface area contributed by atoms with Gasteiger partial charge >= 0.3 is 0 Å². The number of hydrogen-bond acceptors (Lipinski definition) is 3. The summed E-state index contributed by atoms with van der Waals surface area (Å²) >= 11 is 0. The molecule has 1 aromatic carbocycles. The molecule has 0 fully saturated rings. The van der Waals surface area contributed by atoms with Crippen LogP contribution in [-0.4, -0.2) is 20.9 Å². The Bertz CT molecular complexity index is 1100. The SMILES string of the molecule is Cc1ccc2[nH]c(-c3ccccn3)c(CCCC(=O)NCc3cccnc3)c2c1. The van der Waals surface area contributed by atoms with E-state index in [0.29, 0.717) is 13.0 Å². The Morgan fingerprint density at radius 2 is 2.03 bits per heavy atom. The van der Waals surface area contributed by atoms with E-state index < -0.39 is 0 Å². The van der Waals surface area contributed by atoms with Crippen LogP contribution in [0.2, 0.25) is 0 Å². The Hall–Kier alpha value is -3.47. The van der Waals surface area contributed by atoms with Gasteiger partial charge in [0.1, 0.15) is 0 Å². The summed E-state index contributed by atoms with van der Waals surface area (Å²) in [5.41, 5.74) is 6.53. The molecule has 0 bridgehead atoms. The third kappa shape index (κ3) is 4.51. The Kier molecular flexibility index (Phi) is 5.66. The summed E-state index contributed by atoms with van der Waals surface area (Å²) in [4.78, 5) is 24.4. The zero-order chi connectivity index (χ0) is 20.1. The number of aromatic amines is 1. The molecule has 0 atom stereocenters. The summed E-state index contributed by atoms with van der Waals surface area (Å²) in [6.07, 6.45) is 7.39. The second-order valence-corrected chi connectivity index (χ2v) is 7.23. The third-order valence-electron chi connectivity index (χ3n) is 5.03. The van der Waals surface area contributed by atoms with Gasteiger partial charge in [0, 0.05) is 42.5 Å². The van der Waals surface area contributed by atoms with Gasteiger partial charge in [-0.2, -0.15) is 0 Å². The standard InChI is InChI=1S/C24H24N4O/c1-17-10-11-21-20(14-17)19(24(28-21)22-8-2-3-13-26-22)7-4-9-23(29)27-16-18-6-5-12-25-15-18/h2-3,5-6,8,10-15,28H,4,7,9,16H2,1H3,(H,27,29). The van der Waals surface area contributed by atoms with Crippen LogP contribution in [0.15, 0.2) is 67.1 Å². The van der Waals surface area contributed by atoms with Gasteiger partial charge in [-0.25, -0.2) is 0 Å². The van der Waals surface area contributed by atoms with Gasteiger partial charge in [0.25, 0.3) is 0 Å². The Morgan fingerprint density at radius 3 is 2.83 bits per heavy atom. The number of rotatable bonds is 7. The van der Waals surface area contributed by atoms with Crippen LogP contribution in [0.4, 0.5) is 0 Å². The van der Waals surface area contributed by atoms with Crippen LogP contribution >= 0.6 is 0 Å². The van der Waals surface area contributed by atoms with Gasteiger partial charge in [0.2, 0.25) is 5.91 Å². The summed E-state index contributed by atoms with van der Waals surface area (Å²) in [7, 11) is 0. The molecule has 2 N–H and O–H groups in total. The number of H-pyrrole nitrogens is 1. The molecular weight excluding hydrogens is 360 g/mol. The van der Waals surface area contributed by atoms with E-state index in [0.717, 1.165) is 35.3 Å². The molecule has 5 heteroatoms. The highest BCUT2D eigenvalue weighted by atomic mass is 16.1. The first-order chi connectivity index (χ1) is 14.2. The van der Waals surface area contributed by atoms with Crippen molar-refractivity contribution in [2.45, 2.75) is 32.7 Å². The van der Waals surface area contributed by atoms with Crippen LogP contribution in [0.1, 0.15) is 29.5 Å². The minimum absolute atomic E-state index is 0.0595. The average molecular weight is 384 g/mol. The van der Waals surface area contributed by atoms with Crippen molar-refractivity contribution in [2.75, 3.05) is 0 Å². The predicted molar refractivity (Wildman–Crippen MR) is 115 cm³/mol. The van der Waals surface area contributed by atoms with E-state index >= 15 is 0 Å². The quantitative estimate of drug-likeness (QED) is 0.490. The molecule has 0 spiro atoms. The number of hydrogen-bond donors (Lipinski definition) is 2. The summed E-state index contributed by atoms with van der Waals surface area (Å²) in [5, 5.41) is 4.18. The molecule has 0 radical (unpaired) electrons. The first-order valence-electron chi connectivity index (χ1n) is 9.89. The first-order valence-corrected chi connectivity index (χ1v) is 9.89. The summed E-state index contributed by atoms with van der Waals surface area (Å²) < 4.78 is 0. The largest absolute Gasteiger partial charge is 0.353 e. The Balaban J connectivity index is 1.47. The minimum Gasteiger partial charge on any atom is -0.353 e. The van der Waals surface area contributed by atoms with Crippen LogP contribution < -0.4 is 5.32 Å². The fraction of sp³-hybridized carbons (Fsp3) is 0.208. The number of aromatic nitrogens is 3. The second kappa shape index (κ2) is 8.69. The summed E-state index contributed by atoms with van der Waals surface area (Å²) in [5.74, 6) is 0.0595. The predicted octanol–water partition coefficient (Wildman–Crippen LogP) is 4.57. The lowest BCUT2D eigenvalue weighted by Crippen LogP contribution is -2.22. The maximum absolute atomic E-state index is 12.3. The van der Waals surface area contributed by atoms with Crippen molar-refractivity contribution >= 4 is 16.8 Å². The van der Waals surface area contributed by atoms with E-state index in [-0.39, 0.29) is 5.91 Å². The highest BCUT2D eigenvalue weighted by Gasteiger charge is 2.14. The maximum Gasteiger partial charge on any atom is 0.220 e. The molecule has 0 saturated heterocycles. The topological polar surface area (TPSA) is 70.7 Å². The number of pyridine rings is 2. The molecule has 1 amide bonds. The van der Waals surface area contributed by atoms with Crippen LogP contribution in [0, 0.1) is 6.92 Å². The van der Waals surface area contributed by atoms with Gasteiger partial charge in [-0.3, -0.25) is 14.8 Å². The first kappa shape index (κ1) is 18.9. The van der Waals surface area contributed by atoms with Crippen molar-refractivity contribution < 1.29 is 4.79 Å². The molecule has 0 unspecified atom stereocenters. The molecule has 0 aliphatic carbocycles. The number of carbonyl (C=O) groups excluding carboxylic acids is 1. The molecule has 0 aliphatic rings. The highest BCUT2D eigenvalue weighted by molar-refractivity contribution is 5.90. The molecule has 29 heavy (non-hydrogen) atoms. The van der Waals surface area contributed by atoms with E-state index in [1.54, 1.807) is 12.4 Å². The fourth-order valence-electron chi connectivity index (χ4n) is 3.57. The normalized spacial score (nSPS) is 10.9. The summed E-state index contributed by atoms with van der Waals surface area (Å²) in [6.45, 7) is 2.61. The zero-order valence-electron chi connectivity index (χ0n) is 16.5. The van der Waals surface area contributed by atoms with Crippen molar-refractivity contribution in [3.8, 4) is 11.4 Å². The van der Waals surface area contributed by atoms with Crippen LogP contribution in [0.5, 0.6) is 0 Å². The average Bonchev–Trinajstić information content (AvgIpc) is 3.11. The zero-order valence-corrected chi connectivity index (χ0v) is 16.5. The lowest BCUT2D eigenvalue weighted by atomic mass is 10.0. The van der Waals surface area contributed by atoms with Gasteiger partial charge < -0.3 is 10.3 Å². The monoisotopic (exact) mass is 384 g/mol. The van der Waals surface area contributed by atoms with E-state index in [9.17, 15) is 4.79 Å². The lowest BCUT2D eigenvalue weighted by Gasteiger charge is -2.07. The number of fused-ring (bicyclic) bond motifs is 1. The van der Waals surface area contributed by atoms with Gasteiger partial charge in [-0.15, -0.1) is 0 Å². The molecule has 3 heterocycles. The van der Waals surface area contributed by atoms with Gasteiger partial charge in [-0.1, -0.05) is 23.8 Å². The minimum atomic E-state index is 0.0595. The van der Waals surface area contributed by atoms with Gasteiger partial charge in [0.05, 0.1) is 11.4 Å². The van der Waals surface area contributed by atoms with E-state index in [1.165, 1.54) is 16.5 Å². The molecule has 4 aromatic rings. The molecule has 5 nitrogen and oxygen atoms in total. The highest BCUT2D eigenvalue weighted by Crippen LogP contribution is 2.31. The Morgan fingerprint density at radius 1 is 1.10 bits per heavy atom. The maximum atomic E-state index is 12.3. The van der Waals surface area contributed by atoms with Crippen molar-refractivity contribution in [3.63, 3.8) is 0 Å². The van der Waals surface area contributed by atoms with Crippen LogP contribution in [0.25, 0.3) is 22.3 Å². The van der Waals surface area contributed by atoms with Crippen molar-refractivity contribution in [1.29, 1.82) is 0 Å². The number of nitrogens with zero attached hydrogens (tertiary/aromatic N) is 2. The molecular formula is C24H24N4O. The van der Waals surface area contributed by atoms with Crippen LogP contribution in [0.3, 0.4) is 0 Å². The number of carbonyl (C=O) groups is 1. The molecule has 0 saturated carbocycles. The number of amides is 1. The fourth-order valence-corrected chi connectivity index (χ4v) is 3.57. The summed E-state index contributed by atoms with van der Waals surface area (Å²) in [6, 6.07) is 16.2. The van der Waals surface area contributed by atoms with E-state index in [2.05, 4.69) is 45.4 Å². The second-order valence-electron chi connectivity index (χ2n) is 7.23. The molecule has 4 rings (SSSR count). The van der Waals surface area contributed by atoms with Crippen molar-refractivity contribution in [3.05, 3.63) is 83.8 Å². The Labute approximate surface area is 170 Å². The van der Waals surface area contributed by atoms with Crippen molar-refractivity contribution in [1.82, 2.24) is 20.3 Å². The molecule has 146 valence electrons. The molecule has 0 aliphatic heterocycles. The van der Waals surface area contributed by atoms with Gasteiger partial charge in [0.15, 0.2) is 0 Å². The number of aryl methyl sites for hydroxylation is 2. The third-order valence-corrected chi connectivity index (χ3v) is 5.03. The molecule has 3 aromatic heterocycles. The van der Waals surface area contributed by atoms with E-state index in [1.807, 2.05) is 36.5 Å². The number of nitrogens with one attached hydrogen (secondary N) is 2. The van der Waals surface area contributed by atoms with Crippen LogP contribution in [-0.2, 0) is 17.8 Å². The number of benzene rings is 1. The van der Waals surface area contributed by atoms with Gasteiger partial charge in [-0.05, 0) is 61.2 Å². The smallest absolute Gasteiger partial charge is 0.220 e. The lowest BCUT2D eigenvalue weighted by molar-refractivity contribution is -0.121.